The maximum absolute atomic E-state index is 13.4. The molecule has 9 heteroatoms. The molecule has 8 nitrogen and oxygen atoms in total. The van der Waals surface area contributed by atoms with E-state index < -0.39 is 22.0 Å². The van der Waals surface area contributed by atoms with E-state index in [1.165, 1.54) is 17.7 Å². The molecule has 3 N–H and O–H groups in total. The number of nitrogens with zero attached hydrogens (tertiary/aromatic N) is 1. The van der Waals surface area contributed by atoms with E-state index >= 15 is 0 Å². The Labute approximate surface area is 238 Å². The molecule has 0 bridgehead atoms. The van der Waals surface area contributed by atoms with E-state index in [1.807, 2.05) is 6.92 Å². The maximum atomic E-state index is 13.4. The van der Waals surface area contributed by atoms with Gasteiger partial charge in [-0.05, 0) is 66.0 Å². The zero-order valence-electron chi connectivity index (χ0n) is 24.0. The number of carbonyl (C=O) groups is 2. The number of carbonyl (C=O) groups excluding carboxylic acids is 2. The minimum Gasteiger partial charge on any atom is -0.353 e. The minimum atomic E-state index is -3.94. The molecule has 1 heterocycles. The van der Waals surface area contributed by atoms with Gasteiger partial charge in [0.15, 0.2) is 0 Å². The lowest BCUT2D eigenvalue weighted by Gasteiger charge is -2.34. The first-order valence-electron chi connectivity index (χ1n) is 14.0. The lowest BCUT2D eigenvalue weighted by atomic mass is 9.85. The molecule has 4 rings (SSSR count). The third kappa shape index (κ3) is 7.19. The highest BCUT2D eigenvalue weighted by atomic mass is 32.2. The van der Waals surface area contributed by atoms with Gasteiger partial charge in [0.1, 0.15) is 6.04 Å². The molecule has 1 aliphatic carbocycles. The Morgan fingerprint density at radius 3 is 2.58 bits per heavy atom. The number of benzene rings is 2. The Morgan fingerprint density at radius 2 is 1.88 bits per heavy atom. The first kappa shape index (κ1) is 30.0. The number of rotatable bonds is 9. The summed E-state index contributed by atoms with van der Waals surface area (Å²) < 4.78 is 28.0. The van der Waals surface area contributed by atoms with E-state index in [0.29, 0.717) is 6.54 Å². The van der Waals surface area contributed by atoms with Gasteiger partial charge in [0, 0.05) is 26.2 Å². The van der Waals surface area contributed by atoms with Gasteiger partial charge in [-0.25, -0.2) is 8.42 Å². The van der Waals surface area contributed by atoms with Crippen molar-refractivity contribution < 1.29 is 18.0 Å². The van der Waals surface area contributed by atoms with Gasteiger partial charge in [0.05, 0.1) is 17.4 Å². The lowest BCUT2D eigenvalue weighted by Crippen LogP contribution is -2.58. The van der Waals surface area contributed by atoms with Crippen molar-refractivity contribution in [3.63, 3.8) is 0 Å². The van der Waals surface area contributed by atoms with Crippen LogP contribution in [0, 0.1) is 12.3 Å². The van der Waals surface area contributed by atoms with E-state index in [2.05, 4.69) is 61.5 Å². The molecule has 40 heavy (non-hydrogen) atoms. The number of hydrogen-bond donors (Lipinski definition) is 3. The molecule has 0 radical (unpaired) electrons. The van der Waals surface area contributed by atoms with Crippen molar-refractivity contribution in [1.82, 2.24) is 20.3 Å². The predicted octanol–water partition coefficient (Wildman–Crippen LogP) is 3.72. The quantitative estimate of drug-likeness (QED) is 0.429. The second kappa shape index (κ2) is 12.2. The Morgan fingerprint density at radius 1 is 1.15 bits per heavy atom. The van der Waals surface area contributed by atoms with E-state index in [9.17, 15) is 18.0 Å². The monoisotopic (exact) mass is 566 g/mol. The summed E-state index contributed by atoms with van der Waals surface area (Å²) in [6.45, 7) is 14.6. The molecule has 0 saturated carbocycles. The average molecular weight is 567 g/mol. The Kier molecular flexibility index (Phi) is 9.17. The molecule has 0 spiro atoms. The normalized spacial score (nSPS) is 19.9. The first-order chi connectivity index (χ1) is 18.8. The molecule has 1 fully saturated rings. The van der Waals surface area contributed by atoms with E-state index in [4.69, 9.17) is 0 Å². The predicted molar refractivity (Wildman–Crippen MR) is 158 cm³/mol. The maximum Gasteiger partial charge on any atom is 0.243 e. The fraction of sp³-hybridized carbons (Fsp3) is 0.484. The fourth-order valence-electron chi connectivity index (χ4n) is 5.33. The lowest BCUT2D eigenvalue weighted by molar-refractivity contribution is -0.132. The van der Waals surface area contributed by atoms with Gasteiger partial charge in [-0.2, -0.15) is 4.31 Å². The van der Waals surface area contributed by atoms with Gasteiger partial charge in [-0.1, -0.05) is 63.2 Å². The highest BCUT2D eigenvalue weighted by Crippen LogP contribution is 2.32. The van der Waals surface area contributed by atoms with Crippen molar-refractivity contribution in [3.8, 4) is 0 Å². The van der Waals surface area contributed by atoms with Crippen LogP contribution in [0.15, 0.2) is 53.9 Å². The highest BCUT2D eigenvalue weighted by Gasteiger charge is 2.40. The van der Waals surface area contributed by atoms with Crippen LogP contribution in [0.3, 0.4) is 0 Å². The number of hydrogen-bond acceptors (Lipinski definition) is 5. The van der Waals surface area contributed by atoms with Gasteiger partial charge in [0.25, 0.3) is 0 Å². The summed E-state index contributed by atoms with van der Waals surface area (Å²) in [5.74, 6) is -0.798. The van der Waals surface area contributed by atoms with Crippen LogP contribution in [0.25, 0.3) is 5.57 Å². The van der Waals surface area contributed by atoms with Crippen molar-refractivity contribution >= 4 is 27.4 Å². The van der Waals surface area contributed by atoms with Crippen LogP contribution in [0.1, 0.15) is 68.3 Å². The SMILES string of the molecule is C=C(CNCC(C)(C)C)c1ccc2c(c1)CCC[C@H]2NC(=O)C[C@@H]1C(=O)NCCN1S(=O)(=O)c1ccc(C)cc1. The molecular weight excluding hydrogens is 524 g/mol. The Hall–Kier alpha value is -3.01. The van der Waals surface area contributed by atoms with Crippen LogP contribution >= 0.6 is 0 Å². The standard InChI is InChI=1S/C31H42N4O4S/c1-21-9-12-25(13-10-21)40(38,39)35-16-15-33-30(37)28(35)18-29(36)34-27-8-6-7-24-17-23(11-14-26(24)27)22(2)19-32-20-31(3,4)5/h9-14,17,27-28,32H,2,6-8,15-16,18-20H2,1,3-5H3,(H,33,37)(H,34,36)/t27-,28-/m1/s1. The van der Waals surface area contributed by atoms with Crippen molar-refractivity contribution in [2.45, 2.75) is 70.4 Å². The van der Waals surface area contributed by atoms with Crippen molar-refractivity contribution in [2.75, 3.05) is 26.2 Å². The number of aryl methyl sites for hydroxylation is 2. The first-order valence-corrected chi connectivity index (χ1v) is 15.5. The summed E-state index contributed by atoms with van der Waals surface area (Å²) in [6.07, 6.45) is 2.39. The second-order valence-corrected chi connectivity index (χ2v) is 14.0. The zero-order valence-corrected chi connectivity index (χ0v) is 24.9. The van der Waals surface area contributed by atoms with Crippen LogP contribution in [-0.4, -0.2) is 56.8 Å². The third-order valence-electron chi connectivity index (χ3n) is 7.48. The molecule has 0 aromatic heterocycles. The van der Waals surface area contributed by atoms with Crippen molar-refractivity contribution in [2.24, 2.45) is 5.41 Å². The summed E-state index contributed by atoms with van der Waals surface area (Å²) in [7, 11) is -3.94. The third-order valence-corrected chi connectivity index (χ3v) is 9.40. The Bertz CT molecular complexity index is 1360. The average Bonchev–Trinajstić information content (AvgIpc) is 2.89. The summed E-state index contributed by atoms with van der Waals surface area (Å²) in [4.78, 5) is 26.1. The number of amides is 2. The molecule has 0 unspecified atom stereocenters. The molecule has 2 aliphatic rings. The minimum absolute atomic E-state index is 0.115. The topological polar surface area (TPSA) is 108 Å². The second-order valence-electron chi connectivity index (χ2n) is 12.1. The van der Waals surface area contributed by atoms with Gasteiger partial charge < -0.3 is 16.0 Å². The summed E-state index contributed by atoms with van der Waals surface area (Å²) in [6, 6.07) is 11.5. The molecule has 2 aromatic carbocycles. The highest BCUT2D eigenvalue weighted by molar-refractivity contribution is 7.89. The smallest absolute Gasteiger partial charge is 0.243 e. The fourth-order valence-corrected chi connectivity index (χ4v) is 6.91. The van der Waals surface area contributed by atoms with Gasteiger partial charge in [-0.3, -0.25) is 9.59 Å². The van der Waals surface area contributed by atoms with Gasteiger partial charge in [-0.15, -0.1) is 0 Å². The van der Waals surface area contributed by atoms with Crippen molar-refractivity contribution in [3.05, 3.63) is 71.3 Å². The summed E-state index contributed by atoms with van der Waals surface area (Å²) in [5.41, 5.74) is 5.50. The van der Waals surface area contributed by atoms with Gasteiger partial charge in [0.2, 0.25) is 21.8 Å². The van der Waals surface area contributed by atoms with Crippen LogP contribution in [0.2, 0.25) is 0 Å². The number of nitrogens with one attached hydrogen (secondary N) is 3. The Balaban J connectivity index is 1.44. The van der Waals surface area contributed by atoms with Gasteiger partial charge >= 0.3 is 0 Å². The van der Waals surface area contributed by atoms with Crippen LogP contribution in [0.4, 0.5) is 0 Å². The number of fused-ring (bicyclic) bond motifs is 1. The van der Waals surface area contributed by atoms with Crippen LogP contribution < -0.4 is 16.0 Å². The van der Waals surface area contributed by atoms with Crippen molar-refractivity contribution in [1.29, 1.82) is 0 Å². The molecule has 216 valence electrons. The molecule has 2 aromatic rings. The molecular formula is C31H42N4O4S. The molecule has 2 amide bonds. The zero-order chi connectivity index (χ0) is 29.1. The number of piperazine rings is 1. The van der Waals surface area contributed by atoms with Crippen LogP contribution in [0.5, 0.6) is 0 Å². The van der Waals surface area contributed by atoms with E-state index in [-0.39, 0.29) is 41.8 Å². The molecule has 1 saturated heterocycles. The summed E-state index contributed by atoms with van der Waals surface area (Å²) >= 11 is 0. The van der Waals surface area contributed by atoms with E-state index in [1.54, 1.807) is 12.1 Å². The number of sulfonamides is 1. The molecule has 1 aliphatic heterocycles. The van der Waals surface area contributed by atoms with E-state index in [0.717, 1.165) is 52.4 Å². The van der Waals surface area contributed by atoms with Crippen LogP contribution in [-0.2, 0) is 26.0 Å². The summed E-state index contributed by atoms with van der Waals surface area (Å²) in [5, 5.41) is 9.28. The molecule has 2 atom stereocenters. The largest absolute Gasteiger partial charge is 0.353 e.